The molecule has 0 amide bonds. The Morgan fingerprint density at radius 3 is 1.79 bits per heavy atom. The van der Waals surface area contributed by atoms with Gasteiger partial charge in [0.05, 0.1) is 7.11 Å². The van der Waals surface area contributed by atoms with Crippen LogP contribution in [0.25, 0.3) is 0 Å². The van der Waals surface area contributed by atoms with Gasteiger partial charge in [0.25, 0.3) is 0 Å². The molecule has 5 atom stereocenters. The van der Waals surface area contributed by atoms with Crippen molar-refractivity contribution in [2.45, 2.75) is 41.1 Å². The normalized spacial score (nSPS) is 23.5. The maximum absolute atomic E-state index is 13.3. The summed E-state index contributed by atoms with van der Waals surface area (Å²) >= 11 is -2.37. The first-order chi connectivity index (χ1) is 19.0. The third-order valence-electron chi connectivity index (χ3n) is 5.59. The zero-order chi connectivity index (χ0) is 31.6. The first-order valence-corrected chi connectivity index (χ1v) is 12.3. The molecule has 0 aliphatic heterocycles. The van der Waals surface area contributed by atoms with Gasteiger partial charge in [-0.3, -0.25) is 14.9 Å². The first kappa shape index (κ1) is 45.4. The van der Waals surface area contributed by atoms with Crippen LogP contribution in [0, 0.1) is 23.7 Å². The second kappa shape index (κ2) is 20.5. The van der Waals surface area contributed by atoms with Crippen LogP contribution in [-0.4, -0.2) is 57.8 Å². The second-order valence-electron chi connectivity index (χ2n) is 7.71. The Labute approximate surface area is 292 Å². The number of ketones is 1. The summed E-state index contributed by atoms with van der Waals surface area (Å²) in [4.78, 5) is 42.7. The van der Waals surface area contributed by atoms with E-state index in [4.69, 9.17) is 15.1 Å². The first-order valence-electron chi connectivity index (χ1n) is 10.1. The molecule has 3 saturated carbocycles. The smallest absolute Gasteiger partial charge is 0.691 e. The van der Waals surface area contributed by atoms with Crippen molar-refractivity contribution < 1.29 is 162 Å². The van der Waals surface area contributed by atoms with Gasteiger partial charge in [0.1, 0.15) is 48.0 Å². The number of esters is 2. The molecule has 43 heavy (non-hydrogen) atoms. The Bertz CT molecular complexity index is 930. The van der Waals surface area contributed by atoms with E-state index >= 15 is 0 Å². The number of carboxylic acids is 1. The average molecular weight is 722 g/mol. The Balaban J connectivity index is 0. The minimum atomic E-state index is -4.16. The molecule has 238 valence electrons. The molecule has 3 fully saturated rings. The van der Waals surface area contributed by atoms with Crippen molar-refractivity contribution in [2.75, 3.05) is 7.11 Å². The minimum absolute atomic E-state index is 0. The monoisotopic (exact) mass is 722 g/mol. The number of rotatable bonds is 13. The van der Waals surface area contributed by atoms with Gasteiger partial charge in [0.15, 0.2) is 0 Å². The van der Waals surface area contributed by atoms with Crippen LogP contribution in [0.2, 0.25) is 0 Å². The van der Waals surface area contributed by atoms with Gasteiger partial charge in [-0.25, -0.2) is 14.4 Å². The molecule has 1 N–H and O–H groups in total. The number of halogens is 7. The van der Waals surface area contributed by atoms with Gasteiger partial charge in [-0.1, -0.05) is 0 Å². The third-order valence-corrected chi connectivity index (χ3v) is 7.09. The summed E-state index contributed by atoms with van der Waals surface area (Å²) in [5.74, 6) is -5.87. The van der Waals surface area contributed by atoms with Gasteiger partial charge in [-0.15, -0.1) is 4.33 Å². The van der Waals surface area contributed by atoms with Crippen molar-refractivity contribution in [3.05, 3.63) is 0 Å². The Morgan fingerprint density at radius 2 is 1.33 bits per heavy atom. The van der Waals surface area contributed by atoms with Crippen LogP contribution in [0.4, 0.5) is 30.9 Å². The van der Waals surface area contributed by atoms with Gasteiger partial charge in [0.2, 0.25) is 0 Å². The molecule has 27 heteroatoms. The summed E-state index contributed by atoms with van der Waals surface area (Å²) in [5, 5.41) is 21.6. The fraction of sp³-hybridized carbons (Fsp3) is 0.750. The van der Waals surface area contributed by atoms with Crippen LogP contribution in [-0.2, 0) is 56.8 Å². The molecule has 3 aliphatic carbocycles. The standard InChI is InChI=1S/C11H12F2O6S.C3H3F3O4S.C2H2F2O5S.2Na/c12-11(13,20-19-18-16)10(15)17-9-4-1-5-6(2-4)8(14)3-7(5)9;1-8-2(7)3(4,5)11-10-9-6;3-2(4,1(5)6)10-9-8-7;;/h4-7,9,16H,1-3H2;1H3;7H,(H,5,6);;/q;;;2*+1/p-2. The van der Waals surface area contributed by atoms with Crippen molar-refractivity contribution in [1.29, 1.82) is 0 Å². The van der Waals surface area contributed by atoms with Crippen LogP contribution in [0.15, 0.2) is 0 Å². The summed E-state index contributed by atoms with van der Waals surface area (Å²) in [5.41, 5.74) is 0. The molecule has 0 saturated heterocycles. The Morgan fingerprint density at radius 1 is 0.837 bits per heavy atom. The zero-order valence-corrected chi connectivity index (χ0v) is 28.0. The summed E-state index contributed by atoms with van der Waals surface area (Å²) in [7, 11) is 0.757. The van der Waals surface area contributed by atoms with Crippen LogP contribution < -0.4 is 69.6 Å². The maximum atomic E-state index is 13.3. The number of carbonyl (C=O) groups excluding carboxylic acids is 3. The molecule has 0 aromatic rings. The van der Waals surface area contributed by atoms with E-state index in [-0.39, 0.29) is 88.6 Å². The van der Waals surface area contributed by atoms with E-state index in [1.54, 1.807) is 0 Å². The van der Waals surface area contributed by atoms with Gasteiger partial charge in [-0.2, -0.15) is 35.0 Å². The fourth-order valence-electron chi connectivity index (χ4n) is 4.23. The fourth-order valence-corrected chi connectivity index (χ4v) is 4.91. The maximum Gasteiger partial charge on any atom is 1.00 e. The van der Waals surface area contributed by atoms with Crippen LogP contribution in [0.3, 0.4) is 0 Å². The topological polar surface area (TPSA) is 208 Å². The van der Waals surface area contributed by atoms with E-state index in [1.165, 1.54) is 0 Å². The molecule has 5 unspecified atom stereocenters. The number of fused-ring (bicyclic) bond motifs is 1. The molecular formula is C16H15F7Na2O15S3. The van der Waals surface area contributed by atoms with E-state index in [9.17, 15) is 55.3 Å². The number of methoxy groups -OCH3 is 1. The van der Waals surface area contributed by atoms with Crippen molar-refractivity contribution in [3.63, 3.8) is 0 Å². The molecule has 0 aromatic heterocycles. The molecule has 3 aliphatic rings. The van der Waals surface area contributed by atoms with Gasteiger partial charge >= 0.3 is 92.8 Å². The molecule has 15 nitrogen and oxygen atoms in total. The number of aliphatic carboxylic acids is 1. The predicted octanol–water partition coefficient (Wildman–Crippen LogP) is -4.62. The van der Waals surface area contributed by atoms with E-state index in [2.05, 4.69) is 32.9 Å². The second-order valence-corrected chi connectivity index (χ2v) is 10.2. The van der Waals surface area contributed by atoms with Gasteiger partial charge < -0.3 is 25.1 Å². The Hall–Kier alpha value is 0.320. The zero-order valence-electron chi connectivity index (χ0n) is 21.5. The van der Waals surface area contributed by atoms with Crippen molar-refractivity contribution in [2.24, 2.45) is 23.7 Å². The van der Waals surface area contributed by atoms with Gasteiger partial charge in [0, 0.05) is 18.3 Å². The summed E-state index contributed by atoms with van der Waals surface area (Å²) < 4.78 is 103. The SMILES string of the molecule is COC(=O)C(F)(F)SOOF.O=C(O)C(F)(F)SOO[O-].O=C1CC2C3CC(CC13)C2OC(=O)C(F)(F)SOO[O-].[Na+].[Na+]. The van der Waals surface area contributed by atoms with Crippen LogP contribution in [0.1, 0.15) is 19.3 Å². The average Bonchev–Trinajstić information content (AvgIpc) is 3.55. The number of Topliss-reactive ketones (excluding diaryl/α,β-unsaturated/α-hetero) is 1. The van der Waals surface area contributed by atoms with Crippen molar-refractivity contribution in [1.82, 2.24) is 0 Å². The molecule has 2 bridgehead atoms. The molecular weight excluding hydrogens is 707 g/mol. The van der Waals surface area contributed by atoms with Crippen LogP contribution in [0.5, 0.6) is 0 Å². The molecule has 0 aromatic carbocycles. The van der Waals surface area contributed by atoms with Gasteiger partial charge in [-0.05, 0) is 34.3 Å². The third kappa shape index (κ3) is 13.5. The molecule has 3 rings (SSSR count). The molecule has 0 heterocycles. The number of ether oxygens (including phenoxy) is 2. The molecule has 0 spiro atoms. The van der Waals surface area contributed by atoms with E-state index in [0.29, 0.717) is 12.8 Å². The van der Waals surface area contributed by atoms with Crippen molar-refractivity contribution >= 4 is 59.8 Å². The largest absolute Gasteiger partial charge is 1.00 e. The number of alkyl halides is 6. The van der Waals surface area contributed by atoms with E-state index in [1.807, 2.05) is 0 Å². The number of hydrogen-bond donors (Lipinski definition) is 1. The van der Waals surface area contributed by atoms with Crippen molar-refractivity contribution in [3.8, 4) is 0 Å². The number of carbonyl (C=O) groups is 4. The summed E-state index contributed by atoms with van der Waals surface area (Å²) in [6.45, 7) is 0. The summed E-state index contributed by atoms with van der Waals surface area (Å²) in [6, 6.07) is 0. The summed E-state index contributed by atoms with van der Waals surface area (Å²) in [6.07, 6.45) is 1.01. The molecule has 0 radical (unpaired) electrons. The minimum Gasteiger partial charge on any atom is -0.691 e. The van der Waals surface area contributed by atoms with E-state index < -0.39 is 75.9 Å². The van der Waals surface area contributed by atoms with E-state index in [0.717, 1.165) is 13.5 Å². The Kier molecular flexibility index (Phi) is 21.7. The van der Waals surface area contributed by atoms with Crippen LogP contribution >= 0.6 is 36.1 Å². The number of carboxylic acid groups (broad SMARTS) is 1. The predicted molar refractivity (Wildman–Crippen MR) is 108 cm³/mol. The quantitative estimate of drug-likeness (QED) is 0.0474. The number of hydrogen-bond acceptors (Lipinski definition) is 17.